The lowest BCUT2D eigenvalue weighted by Gasteiger charge is -2.38. The van der Waals surface area contributed by atoms with Crippen molar-refractivity contribution in [3.63, 3.8) is 0 Å². The maximum absolute atomic E-state index is 12.5. The van der Waals surface area contributed by atoms with Crippen LogP contribution in [0.4, 0.5) is 0 Å². The van der Waals surface area contributed by atoms with E-state index in [-0.39, 0.29) is 19.8 Å². The quantitative estimate of drug-likeness (QED) is 0.775. The molecular formula is C11H20N2O5S. The van der Waals surface area contributed by atoms with Gasteiger partial charge in [0.1, 0.15) is 6.04 Å². The highest BCUT2D eigenvalue weighted by atomic mass is 32.2. The zero-order valence-corrected chi connectivity index (χ0v) is 11.8. The van der Waals surface area contributed by atoms with Gasteiger partial charge in [-0.2, -0.15) is 17.0 Å². The zero-order chi connectivity index (χ0) is 14.0. The van der Waals surface area contributed by atoms with Crippen molar-refractivity contribution in [3.8, 4) is 0 Å². The van der Waals surface area contributed by atoms with Crippen molar-refractivity contribution in [3.05, 3.63) is 0 Å². The van der Waals surface area contributed by atoms with E-state index in [1.54, 1.807) is 0 Å². The highest BCUT2D eigenvalue weighted by Gasteiger charge is 2.41. The zero-order valence-electron chi connectivity index (χ0n) is 11.0. The number of morpholine rings is 1. The van der Waals surface area contributed by atoms with E-state index in [2.05, 4.69) is 6.92 Å². The van der Waals surface area contributed by atoms with Crippen LogP contribution in [0.15, 0.2) is 0 Å². The Balaban J connectivity index is 2.15. The molecule has 0 spiro atoms. The fraction of sp³-hybridized carbons (Fsp3) is 0.909. The summed E-state index contributed by atoms with van der Waals surface area (Å²) in [5.41, 5.74) is 0. The molecule has 2 aliphatic rings. The lowest BCUT2D eigenvalue weighted by atomic mass is 10.0. The van der Waals surface area contributed by atoms with E-state index >= 15 is 0 Å². The fourth-order valence-electron chi connectivity index (χ4n) is 2.42. The number of hydrogen-bond acceptors (Lipinski definition) is 4. The average Bonchev–Trinajstić information content (AvgIpc) is 2.39. The number of carbonyl (C=O) groups is 1. The first kappa shape index (κ1) is 14.7. The van der Waals surface area contributed by atoms with Gasteiger partial charge in [-0.15, -0.1) is 0 Å². The molecule has 2 rings (SSSR count). The summed E-state index contributed by atoms with van der Waals surface area (Å²) in [6.07, 6.45) is 1.64. The van der Waals surface area contributed by atoms with Crippen molar-refractivity contribution in [2.24, 2.45) is 5.92 Å². The van der Waals surface area contributed by atoms with Crippen molar-refractivity contribution in [1.82, 2.24) is 8.61 Å². The summed E-state index contributed by atoms with van der Waals surface area (Å²) in [5.74, 6) is -0.639. The van der Waals surface area contributed by atoms with Gasteiger partial charge in [0.2, 0.25) is 0 Å². The van der Waals surface area contributed by atoms with Crippen LogP contribution in [0, 0.1) is 5.92 Å². The third-order valence-electron chi connectivity index (χ3n) is 3.73. The summed E-state index contributed by atoms with van der Waals surface area (Å²) in [5, 5.41) is 9.11. The summed E-state index contributed by atoms with van der Waals surface area (Å²) >= 11 is 0. The molecule has 0 radical (unpaired) electrons. The van der Waals surface area contributed by atoms with Crippen LogP contribution in [0.5, 0.6) is 0 Å². The molecule has 0 aliphatic carbocycles. The van der Waals surface area contributed by atoms with Gasteiger partial charge in [-0.1, -0.05) is 6.92 Å². The van der Waals surface area contributed by atoms with Crippen LogP contribution in [0.2, 0.25) is 0 Å². The van der Waals surface area contributed by atoms with Crippen LogP contribution in [0.1, 0.15) is 19.8 Å². The maximum Gasteiger partial charge on any atom is 0.324 e. The SMILES string of the molecule is CC1CCN(S(=O)(=O)N2CCOCC2C(=O)O)CC1. The molecule has 1 unspecified atom stereocenters. The second kappa shape index (κ2) is 5.74. The van der Waals surface area contributed by atoms with Crippen LogP contribution >= 0.6 is 0 Å². The summed E-state index contributed by atoms with van der Waals surface area (Å²) < 4.78 is 32.5. The van der Waals surface area contributed by atoms with Gasteiger partial charge in [-0.05, 0) is 18.8 Å². The van der Waals surface area contributed by atoms with E-state index in [9.17, 15) is 13.2 Å². The van der Waals surface area contributed by atoms with Gasteiger partial charge < -0.3 is 9.84 Å². The van der Waals surface area contributed by atoms with E-state index in [0.717, 1.165) is 17.1 Å². The Morgan fingerprint density at radius 3 is 2.47 bits per heavy atom. The van der Waals surface area contributed by atoms with Gasteiger partial charge in [0, 0.05) is 19.6 Å². The van der Waals surface area contributed by atoms with E-state index in [4.69, 9.17) is 9.84 Å². The number of hydrogen-bond donors (Lipinski definition) is 1. The second-order valence-corrected chi connectivity index (χ2v) is 7.01. The van der Waals surface area contributed by atoms with Gasteiger partial charge in [0.25, 0.3) is 10.2 Å². The minimum absolute atomic E-state index is 0.0845. The normalized spacial score (nSPS) is 28.4. The molecule has 19 heavy (non-hydrogen) atoms. The minimum Gasteiger partial charge on any atom is -0.480 e. The molecule has 110 valence electrons. The van der Waals surface area contributed by atoms with E-state index in [1.807, 2.05) is 0 Å². The van der Waals surface area contributed by atoms with Crippen LogP contribution in [-0.4, -0.2) is 67.0 Å². The minimum atomic E-state index is -3.70. The van der Waals surface area contributed by atoms with Gasteiger partial charge in [0.15, 0.2) is 0 Å². The Hall–Kier alpha value is -0.700. The Labute approximate surface area is 113 Å². The summed E-state index contributed by atoms with van der Waals surface area (Å²) in [6, 6.07) is -1.11. The molecule has 0 saturated carbocycles. The van der Waals surface area contributed by atoms with Crippen LogP contribution in [0.25, 0.3) is 0 Å². The second-order valence-electron chi connectivity index (χ2n) is 5.13. The summed E-state index contributed by atoms with van der Waals surface area (Å²) in [7, 11) is -3.70. The predicted molar refractivity (Wildman–Crippen MR) is 67.8 cm³/mol. The van der Waals surface area contributed by atoms with E-state index < -0.39 is 22.2 Å². The van der Waals surface area contributed by atoms with Gasteiger partial charge in [-0.3, -0.25) is 4.79 Å². The van der Waals surface area contributed by atoms with Gasteiger partial charge in [0.05, 0.1) is 13.2 Å². The molecule has 2 aliphatic heterocycles. The third kappa shape index (κ3) is 3.07. The average molecular weight is 292 g/mol. The first-order chi connectivity index (χ1) is 8.93. The largest absolute Gasteiger partial charge is 0.480 e. The Morgan fingerprint density at radius 1 is 1.26 bits per heavy atom. The molecule has 8 heteroatoms. The molecule has 1 atom stereocenters. The smallest absolute Gasteiger partial charge is 0.324 e. The van der Waals surface area contributed by atoms with Crippen LogP contribution < -0.4 is 0 Å². The summed E-state index contributed by atoms with van der Waals surface area (Å²) in [4.78, 5) is 11.1. The van der Waals surface area contributed by atoms with Crippen LogP contribution in [-0.2, 0) is 19.7 Å². The lowest BCUT2D eigenvalue weighted by Crippen LogP contribution is -2.57. The van der Waals surface area contributed by atoms with Crippen molar-refractivity contribution in [2.45, 2.75) is 25.8 Å². The number of ether oxygens (including phenoxy) is 1. The Morgan fingerprint density at radius 2 is 1.89 bits per heavy atom. The number of carboxylic acids is 1. The number of aliphatic carboxylic acids is 1. The number of carboxylic acid groups (broad SMARTS) is 1. The van der Waals surface area contributed by atoms with Crippen molar-refractivity contribution < 1.29 is 23.1 Å². The molecule has 0 bridgehead atoms. The van der Waals surface area contributed by atoms with Crippen molar-refractivity contribution in [2.75, 3.05) is 32.8 Å². The van der Waals surface area contributed by atoms with Gasteiger partial charge >= 0.3 is 5.97 Å². The molecule has 1 N–H and O–H groups in total. The molecule has 2 saturated heterocycles. The number of rotatable bonds is 3. The topological polar surface area (TPSA) is 87.2 Å². The standard InChI is InChI=1S/C11H20N2O5S/c1-9-2-4-12(5-3-9)19(16,17)13-6-7-18-8-10(13)11(14)15/h9-10H,2-8H2,1H3,(H,14,15). The summed E-state index contributed by atoms with van der Waals surface area (Å²) in [6.45, 7) is 3.29. The van der Waals surface area contributed by atoms with Crippen molar-refractivity contribution >= 4 is 16.2 Å². The van der Waals surface area contributed by atoms with Gasteiger partial charge in [-0.25, -0.2) is 0 Å². The Bertz CT molecular complexity index is 430. The molecule has 0 amide bonds. The highest BCUT2D eigenvalue weighted by Crippen LogP contribution is 2.23. The van der Waals surface area contributed by atoms with Crippen LogP contribution in [0.3, 0.4) is 0 Å². The molecule has 7 nitrogen and oxygen atoms in total. The first-order valence-corrected chi connectivity index (χ1v) is 7.90. The van der Waals surface area contributed by atoms with E-state index in [1.165, 1.54) is 4.31 Å². The lowest BCUT2D eigenvalue weighted by molar-refractivity contribution is -0.146. The molecule has 2 heterocycles. The van der Waals surface area contributed by atoms with E-state index in [0.29, 0.717) is 19.0 Å². The molecule has 0 aromatic heterocycles. The molecule has 2 fully saturated rings. The fourth-order valence-corrected chi connectivity index (χ4v) is 4.17. The Kier molecular flexibility index (Phi) is 4.44. The predicted octanol–water partition coefficient (Wildman–Crippen LogP) is -0.251. The first-order valence-electron chi connectivity index (χ1n) is 6.50. The molecular weight excluding hydrogens is 272 g/mol. The molecule has 0 aromatic rings. The maximum atomic E-state index is 12.5. The third-order valence-corrected chi connectivity index (χ3v) is 5.78. The number of piperidine rings is 1. The monoisotopic (exact) mass is 292 g/mol. The number of nitrogens with zero attached hydrogens (tertiary/aromatic N) is 2. The highest BCUT2D eigenvalue weighted by molar-refractivity contribution is 7.86. The molecule has 0 aromatic carbocycles. The van der Waals surface area contributed by atoms with Crippen molar-refractivity contribution in [1.29, 1.82) is 0 Å².